The number of carbonyl (C=O) groups excluding carboxylic acids is 1. The summed E-state index contributed by atoms with van der Waals surface area (Å²) in [5.41, 5.74) is 3.08. The number of para-hydroxylation sites is 1. The number of anilines is 1. The van der Waals surface area contributed by atoms with Crippen molar-refractivity contribution < 1.29 is 9.53 Å². The molecule has 0 spiro atoms. The SMILES string of the molecule is CCNC(=NCc1ccnc(OC(C)CC(C)C)c1)NCC1CC(=O)Nc2ccccc21.I. The molecular formula is C25H36IN5O2. The van der Waals surface area contributed by atoms with Gasteiger partial charge in [0, 0.05) is 43.4 Å². The van der Waals surface area contributed by atoms with Crippen LogP contribution in [0.25, 0.3) is 0 Å². The predicted octanol–water partition coefficient (Wildman–Crippen LogP) is 4.69. The Morgan fingerprint density at radius 2 is 2.03 bits per heavy atom. The van der Waals surface area contributed by atoms with Crippen LogP contribution in [0.4, 0.5) is 5.69 Å². The van der Waals surface area contributed by atoms with E-state index in [-0.39, 0.29) is 41.9 Å². The second kappa shape index (κ2) is 13.4. The third kappa shape index (κ3) is 8.49. The highest BCUT2D eigenvalue weighted by molar-refractivity contribution is 14.0. The number of guanidine groups is 1. The molecule has 0 aliphatic carbocycles. The summed E-state index contributed by atoms with van der Waals surface area (Å²) in [7, 11) is 0. The Morgan fingerprint density at radius 1 is 1.24 bits per heavy atom. The van der Waals surface area contributed by atoms with Gasteiger partial charge < -0.3 is 20.7 Å². The lowest BCUT2D eigenvalue weighted by Crippen LogP contribution is -2.40. The van der Waals surface area contributed by atoms with Gasteiger partial charge in [-0.1, -0.05) is 32.0 Å². The van der Waals surface area contributed by atoms with Gasteiger partial charge >= 0.3 is 0 Å². The van der Waals surface area contributed by atoms with Crippen LogP contribution >= 0.6 is 24.0 Å². The van der Waals surface area contributed by atoms with Crippen LogP contribution < -0.4 is 20.7 Å². The molecule has 0 saturated heterocycles. The van der Waals surface area contributed by atoms with Crippen molar-refractivity contribution in [3.63, 3.8) is 0 Å². The number of ether oxygens (including phenoxy) is 1. The molecule has 0 bridgehead atoms. The van der Waals surface area contributed by atoms with Crippen LogP contribution in [0.5, 0.6) is 5.88 Å². The number of fused-ring (bicyclic) bond motifs is 1. The Hall–Kier alpha value is -2.36. The molecule has 1 aromatic heterocycles. The molecule has 0 fully saturated rings. The van der Waals surface area contributed by atoms with E-state index in [0.717, 1.165) is 35.7 Å². The molecule has 1 aromatic carbocycles. The molecule has 33 heavy (non-hydrogen) atoms. The minimum Gasteiger partial charge on any atom is -0.475 e. The van der Waals surface area contributed by atoms with Gasteiger partial charge in [-0.3, -0.25) is 4.79 Å². The third-order valence-corrected chi connectivity index (χ3v) is 5.31. The molecule has 0 saturated carbocycles. The lowest BCUT2D eigenvalue weighted by atomic mass is 9.90. The van der Waals surface area contributed by atoms with Crippen molar-refractivity contribution in [1.82, 2.24) is 15.6 Å². The number of nitrogens with one attached hydrogen (secondary N) is 3. The van der Waals surface area contributed by atoms with Gasteiger partial charge in [-0.2, -0.15) is 0 Å². The number of hydrogen-bond acceptors (Lipinski definition) is 4. The Kier molecular flexibility index (Phi) is 10.9. The van der Waals surface area contributed by atoms with Gasteiger partial charge in [-0.15, -0.1) is 24.0 Å². The highest BCUT2D eigenvalue weighted by Gasteiger charge is 2.24. The van der Waals surface area contributed by atoms with Gasteiger partial charge in [-0.05, 0) is 49.4 Å². The van der Waals surface area contributed by atoms with E-state index in [1.165, 1.54) is 0 Å². The van der Waals surface area contributed by atoms with Gasteiger partial charge in [0.2, 0.25) is 11.8 Å². The molecule has 1 amide bonds. The standard InChI is InChI=1S/C25H35N5O2.HI/c1-5-26-25(29-16-20-14-23(31)30-22-9-7-6-8-21(20)22)28-15-19-10-11-27-24(13-19)32-18(4)12-17(2)3;/h6-11,13,17-18,20H,5,12,14-16H2,1-4H3,(H,30,31)(H2,26,28,29);1H. The summed E-state index contributed by atoms with van der Waals surface area (Å²) in [6.45, 7) is 10.4. The maximum Gasteiger partial charge on any atom is 0.225 e. The summed E-state index contributed by atoms with van der Waals surface area (Å²) in [6.07, 6.45) is 3.33. The fraction of sp³-hybridized carbons (Fsp3) is 0.480. The number of aliphatic imine (C=N–C) groups is 1. The minimum atomic E-state index is 0. The number of carbonyl (C=O) groups is 1. The number of nitrogens with zero attached hydrogens (tertiary/aromatic N) is 2. The highest BCUT2D eigenvalue weighted by atomic mass is 127. The Morgan fingerprint density at radius 3 is 2.79 bits per heavy atom. The Labute approximate surface area is 214 Å². The number of pyridine rings is 1. The number of amides is 1. The summed E-state index contributed by atoms with van der Waals surface area (Å²) < 4.78 is 5.96. The number of hydrogen-bond donors (Lipinski definition) is 3. The van der Waals surface area contributed by atoms with Crippen LogP contribution in [0.15, 0.2) is 47.6 Å². The predicted molar refractivity (Wildman–Crippen MR) is 144 cm³/mol. The number of benzene rings is 1. The summed E-state index contributed by atoms with van der Waals surface area (Å²) in [5.74, 6) is 2.09. The van der Waals surface area contributed by atoms with E-state index in [9.17, 15) is 4.79 Å². The first-order valence-electron chi connectivity index (χ1n) is 11.5. The van der Waals surface area contributed by atoms with Gasteiger partial charge in [0.15, 0.2) is 5.96 Å². The first kappa shape index (κ1) is 26.9. The molecule has 7 nitrogen and oxygen atoms in total. The molecule has 8 heteroatoms. The molecule has 180 valence electrons. The normalized spacial score (nSPS) is 16.3. The average molecular weight is 566 g/mol. The third-order valence-electron chi connectivity index (χ3n) is 5.31. The number of rotatable bonds is 9. The Balaban J connectivity index is 0.00000385. The van der Waals surface area contributed by atoms with Crippen LogP contribution in [0.3, 0.4) is 0 Å². The van der Waals surface area contributed by atoms with Crippen LogP contribution in [0.1, 0.15) is 57.6 Å². The zero-order valence-corrected chi connectivity index (χ0v) is 22.3. The molecule has 1 aliphatic rings. The van der Waals surface area contributed by atoms with E-state index < -0.39 is 0 Å². The van der Waals surface area contributed by atoms with E-state index in [0.29, 0.717) is 31.3 Å². The molecule has 2 aromatic rings. The van der Waals surface area contributed by atoms with Crippen molar-refractivity contribution in [3.8, 4) is 5.88 Å². The summed E-state index contributed by atoms with van der Waals surface area (Å²) >= 11 is 0. The van der Waals surface area contributed by atoms with Crippen LogP contribution in [-0.2, 0) is 11.3 Å². The fourth-order valence-corrected chi connectivity index (χ4v) is 3.95. The van der Waals surface area contributed by atoms with Gasteiger partial charge in [0.1, 0.15) is 0 Å². The molecule has 2 unspecified atom stereocenters. The molecule has 1 aliphatic heterocycles. The topological polar surface area (TPSA) is 87.6 Å². The van der Waals surface area contributed by atoms with Gasteiger partial charge in [0.05, 0.1) is 12.6 Å². The number of halogens is 1. The van der Waals surface area contributed by atoms with Crippen molar-refractivity contribution in [3.05, 3.63) is 53.7 Å². The monoisotopic (exact) mass is 565 g/mol. The largest absolute Gasteiger partial charge is 0.475 e. The average Bonchev–Trinajstić information content (AvgIpc) is 2.75. The van der Waals surface area contributed by atoms with Crippen molar-refractivity contribution in [2.75, 3.05) is 18.4 Å². The summed E-state index contributed by atoms with van der Waals surface area (Å²) in [5, 5.41) is 9.64. The van der Waals surface area contributed by atoms with Crippen LogP contribution in [-0.4, -0.2) is 36.0 Å². The molecule has 3 rings (SSSR count). The zero-order chi connectivity index (χ0) is 22.9. The van der Waals surface area contributed by atoms with E-state index in [1.54, 1.807) is 6.20 Å². The van der Waals surface area contributed by atoms with Crippen molar-refractivity contribution >= 4 is 41.5 Å². The minimum absolute atomic E-state index is 0. The summed E-state index contributed by atoms with van der Waals surface area (Å²) in [4.78, 5) is 21.1. The first-order chi connectivity index (χ1) is 15.4. The lowest BCUT2D eigenvalue weighted by Gasteiger charge is -2.26. The van der Waals surface area contributed by atoms with E-state index in [2.05, 4.69) is 47.8 Å². The van der Waals surface area contributed by atoms with Crippen molar-refractivity contribution in [2.45, 2.75) is 59.1 Å². The van der Waals surface area contributed by atoms with E-state index in [4.69, 9.17) is 9.73 Å². The highest BCUT2D eigenvalue weighted by Crippen LogP contribution is 2.31. The van der Waals surface area contributed by atoms with E-state index in [1.807, 2.05) is 37.3 Å². The van der Waals surface area contributed by atoms with Crippen LogP contribution in [0.2, 0.25) is 0 Å². The van der Waals surface area contributed by atoms with Crippen molar-refractivity contribution in [2.24, 2.45) is 10.9 Å². The molecule has 0 radical (unpaired) electrons. The Bertz CT molecular complexity index is 935. The number of aromatic nitrogens is 1. The molecule has 2 atom stereocenters. The second-order valence-electron chi connectivity index (χ2n) is 8.67. The maximum absolute atomic E-state index is 12.1. The zero-order valence-electron chi connectivity index (χ0n) is 19.9. The molecule has 2 heterocycles. The first-order valence-corrected chi connectivity index (χ1v) is 11.5. The lowest BCUT2D eigenvalue weighted by molar-refractivity contribution is -0.116. The summed E-state index contributed by atoms with van der Waals surface area (Å²) in [6, 6.07) is 11.9. The van der Waals surface area contributed by atoms with Gasteiger partial charge in [-0.25, -0.2) is 9.98 Å². The second-order valence-corrected chi connectivity index (χ2v) is 8.67. The van der Waals surface area contributed by atoms with Gasteiger partial charge in [0.25, 0.3) is 0 Å². The molecule has 3 N–H and O–H groups in total. The van der Waals surface area contributed by atoms with Crippen LogP contribution in [0, 0.1) is 5.92 Å². The maximum atomic E-state index is 12.1. The molecular weight excluding hydrogens is 529 g/mol. The fourth-order valence-electron chi connectivity index (χ4n) is 3.95. The van der Waals surface area contributed by atoms with E-state index >= 15 is 0 Å². The smallest absolute Gasteiger partial charge is 0.225 e. The van der Waals surface area contributed by atoms with Crippen molar-refractivity contribution in [1.29, 1.82) is 0 Å². The quantitative estimate of drug-likeness (QED) is 0.233.